The summed E-state index contributed by atoms with van der Waals surface area (Å²) in [5.41, 5.74) is 1.99. The maximum atomic E-state index is 12.4. The molecule has 3 rings (SSSR count). The standard InChI is InChI=1S/C20H18BrNO2/c1-24-19-10-7-15-11-16(21)8-9-17(15)18(19)12-20(23)22-13-14-5-3-2-4-6-14/h2-11H,12-13H2,1H3,(H,22,23). The number of methoxy groups -OCH3 is 1. The fraction of sp³-hybridized carbons (Fsp3) is 0.150. The summed E-state index contributed by atoms with van der Waals surface area (Å²) in [7, 11) is 1.63. The Bertz CT molecular complexity index is 862. The summed E-state index contributed by atoms with van der Waals surface area (Å²) in [6.07, 6.45) is 0.287. The molecule has 0 saturated heterocycles. The minimum atomic E-state index is -0.0208. The second-order valence-electron chi connectivity index (χ2n) is 5.55. The van der Waals surface area contributed by atoms with E-state index in [1.807, 2.05) is 60.7 Å². The highest BCUT2D eigenvalue weighted by Gasteiger charge is 2.13. The van der Waals surface area contributed by atoms with Crippen molar-refractivity contribution >= 4 is 32.6 Å². The van der Waals surface area contributed by atoms with Crippen molar-refractivity contribution in [1.29, 1.82) is 0 Å². The van der Waals surface area contributed by atoms with Crippen molar-refractivity contribution in [3.8, 4) is 5.75 Å². The molecule has 122 valence electrons. The molecule has 0 atom stereocenters. The first-order valence-electron chi connectivity index (χ1n) is 7.73. The van der Waals surface area contributed by atoms with Gasteiger partial charge >= 0.3 is 0 Å². The van der Waals surface area contributed by atoms with Gasteiger partial charge in [0.25, 0.3) is 0 Å². The fourth-order valence-electron chi connectivity index (χ4n) is 2.74. The average Bonchev–Trinajstić information content (AvgIpc) is 2.61. The van der Waals surface area contributed by atoms with Crippen molar-refractivity contribution in [3.05, 3.63) is 76.3 Å². The lowest BCUT2D eigenvalue weighted by molar-refractivity contribution is -0.120. The Morgan fingerprint density at radius 3 is 2.62 bits per heavy atom. The van der Waals surface area contributed by atoms with Crippen LogP contribution in [-0.2, 0) is 17.8 Å². The van der Waals surface area contributed by atoms with Gasteiger partial charge in [-0.3, -0.25) is 4.79 Å². The molecular weight excluding hydrogens is 366 g/mol. The quantitative estimate of drug-likeness (QED) is 0.705. The fourth-order valence-corrected chi connectivity index (χ4v) is 3.12. The molecule has 0 heterocycles. The van der Waals surface area contributed by atoms with Crippen LogP contribution in [0.15, 0.2) is 65.1 Å². The van der Waals surface area contributed by atoms with Crippen LogP contribution in [0.1, 0.15) is 11.1 Å². The molecule has 0 saturated carbocycles. The highest BCUT2D eigenvalue weighted by molar-refractivity contribution is 9.10. The summed E-state index contributed by atoms with van der Waals surface area (Å²) in [6, 6.07) is 19.8. The molecule has 4 heteroatoms. The molecule has 1 amide bonds. The summed E-state index contributed by atoms with van der Waals surface area (Å²) >= 11 is 3.48. The van der Waals surface area contributed by atoms with Crippen LogP contribution in [0.2, 0.25) is 0 Å². The van der Waals surface area contributed by atoms with E-state index in [-0.39, 0.29) is 12.3 Å². The number of hydrogen-bond donors (Lipinski definition) is 1. The minimum Gasteiger partial charge on any atom is -0.496 e. The number of nitrogens with one attached hydrogen (secondary N) is 1. The molecule has 0 aromatic heterocycles. The van der Waals surface area contributed by atoms with Gasteiger partial charge in [-0.05, 0) is 34.5 Å². The molecule has 0 spiro atoms. The van der Waals surface area contributed by atoms with Gasteiger partial charge < -0.3 is 10.1 Å². The topological polar surface area (TPSA) is 38.3 Å². The summed E-state index contributed by atoms with van der Waals surface area (Å²) in [4.78, 5) is 12.4. The third-order valence-corrected chi connectivity index (χ3v) is 4.43. The van der Waals surface area contributed by atoms with Crippen LogP contribution in [0, 0.1) is 0 Å². The molecule has 3 aromatic carbocycles. The zero-order valence-corrected chi connectivity index (χ0v) is 15.0. The van der Waals surface area contributed by atoms with Gasteiger partial charge in [0.15, 0.2) is 0 Å². The normalized spacial score (nSPS) is 10.6. The number of benzene rings is 3. The smallest absolute Gasteiger partial charge is 0.224 e. The van der Waals surface area contributed by atoms with E-state index in [9.17, 15) is 4.79 Å². The van der Waals surface area contributed by atoms with E-state index < -0.39 is 0 Å². The number of fused-ring (bicyclic) bond motifs is 1. The van der Waals surface area contributed by atoms with Gasteiger partial charge in [-0.25, -0.2) is 0 Å². The Morgan fingerprint density at radius 1 is 1.08 bits per heavy atom. The highest BCUT2D eigenvalue weighted by Crippen LogP contribution is 2.30. The zero-order valence-electron chi connectivity index (χ0n) is 13.4. The number of amides is 1. The Hall–Kier alpha value is -2.33. The molecule has 0 aliphatic carbocycles. The van der Waals surface area contributed by atoms with Crippen LogP contribution in [0.25, 0.3) is 10.8 Å². The Balaban J connectivity index is 1.81. The molecule has 0 aliphatic rings. The molecule has 0 fully saturated rings. The molecule has 1 N–H and O–H groups in total. The average molecular weight is 384 g/mol. The van der Waals surface area contributed by atoms with Crippen LogP contribution in [-0.4, -0.2) is 13.0 Å². The van der Waals surface area contributed by atoms with Gasteiger partial charge in [0.1, 0.15) is 5.75 Å². The predicted octanol–water partition coefficient (Wildman–Crippen LogP) is 4.47. The van der Waals surface area contributed by atoms with Crippen LogP contribution in [0.4, 0.5) is 0 Å². The highest BCUT2D eigenvalue weighted by atomic mass is 79.9. The first kappa shape index (κ1) is 16.5. The lowest BCUT2D eigenvalue weighted by Crippen LogP contribution is -2.24. The van der Waals surface area contributed by atoms with E-state index in [2.05, 4.69) is 21.2 Å². The number of halogens is 1. The maximum absolute atomic E-state index is 12.4. The summed E-state index contributed by atoms with van der Waals surface area (Å²) in [5, 5.41) is 5.09. The monoisotopic (exact) mass is 383 g/mol. The largest absolute Gasteiger partial charge is 0.496 e. The van der Waals surface area contributed by atoms with Crippen LogP contribution < -0.4 is 10.1 Å². The molecule has 0 aliphatic heterocycles. The second-order valence-corrected chi connectivity index (χ2v) is 6.47. The van der Waals surface area contributed by atoms with E-state index >= 15 is 0 Å². The predicted molar refractivity (Wildman–Crippen MR) is 100 cm³/mol. The summed E-state index contributed by atoms with van der Waals surface area (Å²) < 4.78 is 6.47. The summed E-state index contributed by atoms with van der Waals surface area (Å²) in [6.45, 7) is 0.526. The Kier molecular flexibility index (Phi) is 5.16. The van der Waals surface area contributed by atoms with Crippen molar-refractivity contribution in [2.24, 2.45) is 0 Å². The van der Waals surface area contributed by atoms with Gasteiger partial charge in [-0.2, -0.15) is 0 Å². The number of rotatable bonds is 5. The molecule has 0 unspecified atom stereocenters. The van der Waals surface area contributed by atoms with Crippen LogP contribution >= 0.6 is 15.9 Å². The van der Waals surface area contributed by atoms with Gasteiger partial charge in [0, 0.05) is 16.6 Å². The maximum Gasteiger partial charge on any atom is 0.224 e. The van der Waals surface area contributed by atoms with E-state index in [1.54, 1.807) is 7.11 Å². The van der Waals surface area contributed by atoms with E-state index in [0.717, 1.165) is 32.1 Å². The molecule has 24 heavy (non-hydrogen) atoms. The number of ether oxygens (including phenoxy) is 1. The zero-order chi connectivity index (χ0) is 16.9. The van der Waals surface area contributed by atoms with Gasteiger partial charge in [-0.1, -0.05) is 58.4 Å². The first-order valence-corrected chi connectivity index (χ1v) is 8.52. The number of hydrogen-bond acceptors (Lipinski definition) is 2. The molecule has 3 nitrogen and oxygen atoms in total. The molecular formula is C20H18BrNO2. The molecule has 3 aromatic rings. The first-order chi connectivity index (χ1) is 11.7. The van der Waals surface area contributed by atoms with E-state index in [1.165, 1.54) is 0 Å². The van der Waals surface area contributed by atoms with Gasteiger partial charge in [0.2, 0.25) is 5.91 Å². The van der Waals surface area contributed by atoms with Crippen LogP contribution in [0.5, 0.6) is 5.75 Å². The minimum absolute atomic E-state index is 0.0208. The van der Waals surface area contributed by atoms with Gasteiger partial charge in [0.05, 0.1) is 13.5 Å². The van der Waals surface area contributed by atoms with Crippen molar-refractivity contribution < 1.29 is 9.53 Å². The Morgan fingerprint density at radius 2 is 1.88 bits per heavy atom. The summed E-state index contributed by atoms with van der Waals surface area (Å²) in [5.74, 6) is 0.715. The number of carbonyl (C=O) groups is 1. The van der Waals surface area contributed by atoms with Crippen LogP contribution in [0.3, 0.4) is 0 Å². The van der Waals surface area contributed by atoms with Crippen molar-refractivity contribution in [2.45, 2.75) is 13.0 Å². The molecule has 0 radical (unpaired) electrons. The number of carbonyl (C=O) groups excluding carboxylic acids is 1. The van der Waals surface area contributed by atoms with E-state index in [0.29, 0.717) is 6.54 Å². The SMILES string of the molecule is COc1ccc2cc(Br)ccc2c1CC(=O)NCc1ccccc1. The third-order valence-electron chi connectivity index (χ3n) is 3.94. The second kappa shape index (κ2) is 7.49. The molecule has 0 bridgehead atoms. The van der Waals surface area contributed by atoms with Crippen molar-refractivity contribution in [2.75, 3.05) is 7.11 Å². The lowest BCUT2D eigenvalue weighted by atomic mass is 10.0. The van der Waals surface area contributed by atoms with E-state index in [4.69, 9.17) is 4.74 Å². The Labute approximate surface area is 149 Å². The van der Waals surface area contributed by atoms with Crippen molar-refractivity contribution in [1.82, 2.24) is 5.32 Å². The van der Waals surface area contributed by atoms with Crippen molar-refractivity contribution in [3.63, 3.8) is 0 Å². The van der Waals surface area contributed by atoms with Gasteiger partial charge in [-0.15, -0.1) is 0 Å². The lowest BCUT2D eigenvalue weighted by Gasteiger charge is -2.13. The third kappa shape index (κ3) is 3.77.